The Kier molecular flexibility index (Phi) is 7.05. The van der Waals surface area contributed by atoms with Crippen LogP contribution in [-0.2, 0) is 6.54 Å². The number of thiophene rings is 1. The molecule has 0 aliphatic carbocycles. The molecule has 0 unspecified atom stereocenters. The zero-order valence-corrected chi connectivity index (χ0v) is 21.1. The van der Waals surface area contributed by atoms with Crippen LogP contribution in [0.25, 0.3) is 21.3 Å². The van der Waals surface area contributed by atoms with Gasteiger partial charge in [-0.2, -0.15) is 4.98 Å². The van der Waals surface area contributed by atoms with Gasteiger partial charge in [-0.1, -0.05) is 40.2 Å². The van der Waals surface area contributed by atoms with Crippen molar-refractivity contribution in [3.05, 3.63) is 86.5 Å². The van der Waals surface area contributed by atoms with E-state index in [2.05, 4.69) is 46.4 Å². The van der Waals surface area contributed by atoms with E-state index < -0.39 is 5.91 Å². The number of nitrogens with zero attached hydrogens (tertiary/aromatic N) is 3. The van der Waals surface area contributed by atoms with Crippen molar-refractivity contribution in [2.75, 3.05) is 13.2 Å². The fourth-order valence-electron chi connectivity index (χ4n) is 3.47. The summed E-state index contributed by atoms with van der Waals surface area (Å²) in [6.07, 6.45) is 1.43. The molecule has 182 valence electrons. The second-order valence-corrected chi connectivity index (χ2v) is 9.33. The lowest BCUT2D eigenvalue weighted by Crippen LogP contribution is -2.27. The van der Waals surface area contributed by atoms with Gasteiger partial charge in [0.05, 0.1) is 5.39 Å². The fourth-order valence-corrected chi connectivity index (χ4v) is 4.68. The summed E-state index contributed by atoms with van der Waals surface area (Å²) in [6, 6.07) is 15.2. The Balaban J connectivity index is 1.22. The third kappa shape index (κ3) is 5.44. The van der Waals surface area contributed by atoms with Crippen LogP contribution in [0.2, 0.25) is 0 Å². The molecule has 3 N–H and O–H groups in total. The number of ether oxygens (including phenoxy) is 2. The molecule has 0 bridgehead atoms. The highest BCUT2D eigenvalue weighted by Crippen LogP contribution is 2.31. The zero-order chi connectivity index (χ0) is 24.9. The molecule has 5 aromatic rings. The minimum Gasteiger partial charge on any atom is -0.490 e. The number of nitrogens with one attached hydrogen (secondary N) is 3. The lowest BCUT2D eigenvalue weighted by atomic mass is 10.1. The van der Waals surface area contributed by atoms with E-state index in [1.54, 1.807) is 0 Å². The number of halogens is 1. The summed E-state index contributed by atoms with van der Waals surface area (Å²) in [5.74, 6) is 0.124. The van der Waals surface area contributed by atoms with Crippen LogP contribution in [0.4, 0.5) is 0 Å². The van der Waals surface area contributed by atoms with Crippen molar-refractivity contribution in [1.82, 2.24) is 30.5 Å². The van der Waals surface area contributed by atoms with Gasteiger partial charge in [-0.15, -0.1) is 16.4 Å². The number of hydrogen-bond donors (Lipinski definition) is 3. The lowest BCUT2D eigenvalue weighted by Gasteiger charge is -2.09. The predicted molar refractivity (Wildman–Crippen MR) is 138 cm³/mol. The van der Waals surface area contributed by atoms with Gasteiger partial charge in [-0.05, 0) is 35.4 Å². The van der Waals surface area contributed by atoms with Crippen LogP contribution in [0.1, 0.15) is 16.2 Å². The number of hydrogen-bond acceptors (Lipinski definition) is 8. The van der Waals surface area contributed by atoms with E-state index in [4.69, 9.17) is 9.47 Å². The molecule has 36 heavy (non-hydrogen) atoms. The topological polar surface area (TPSA) is 135 Å². The second-order valence-electron chi connectivity index (χ2n) is 7.56. The van der Waals surface area contributed by atoms with Gasteiger partial charge in [0, 0.05) is 22.0 Å². The highest BCUT2D eigenvalue weighted by Gasteiger charge is 2.16. The summed E-state index contributed by atoms with van der Waals surface area (Å²) in [5, 5.41) is 11.5. The molecule has 3 aromatic heterocycles. The molecule has 0 spiro atoms. The number of fused-ring (bicyclic) bond motifs is 1. The average molecular weight is 567 g/mol. The number of carbonyl (C=O) groups excluding carboxylic acids is 1. The Morgan fingerprint density at radius 3 is 2.75 bits per heavy atom. The molecule has 0 fully saturated rings. The van der Waals surface area contributed by atoms with E-state index in [1.807, 2.05) is 53.9 Å². The number of aromatic nitrogens is 5. The molecule has 0 aliphatic rings. The summed E-state index contributed by atoms with van der Waals surface area (Å²) >= 11 is 4.74. The van der Waals surface area contributed by atoms with Crippen LogP contribution in [0.3, 0.4) is 0 Å². The van der Waals surface area contributed by atoms with E-state index in [1.165, 1.54) is 17.7 Å². The van der Waals surface area contributed by atoms with Crippen LogP contribution in [0, 0.1) is 0 Å². The lowest BCUT2D eigenvalue weighted by molar-refractivity contribution is 0.0940. The smallest absolute Gasteiger partial charge is 0.335 e. The third-order valence-electron chi connectivity index (χ3n) is 5.14. The van der Waals surface area contributed by atoms with Crippen LogP contribution in [-0.4, -0.2) is 44.3 Å². The van der Waals surface area contributed by atoms with E-state index in [9.17, 15) is 9.59 Å². The summed E-state index contributed by atoms with van der Waals surface area (Å²) in [6.45, 7) is 0.825. The van der Waals surface area contributed by atoms with Crippen molar-refractivity contribution in [3.8, 4) is 22.9 Å². The van der Waals surface area contributed by atoms with Gasteiger partial charge >= 0.3 is 6.01 Å². The van der Waals surface area contributed by atoms with Gasteiger partial charge < -0.3 is 19.8 Å². The molecule has 3 heterocycles. The Morgan fingerprint density at radius 2 is 1.94 bits per heavy atom. The fraction of sp³-hybridized carbons (Fsp3) is 0.125. The Labute approximate surface area is 216 Å². The molecule has 0 saturated heterocycles. The third-order valence-corrected chi connectivity index (χ3v) is 6.54. The highest BCUT2D eigenvalue weighted by atomic mass is 79.9. The molecule has 12 heteroatoms. The van der Waals surface area contributed by atoms with Gasteiger partial charge in [-0.25, -0.2) is 4.98 Å². The van der Waals surface area contributed by atoms with Crippen molar-refractivity contribution in [2.24, 2.45) is 0 Å². The molecule has 0 saturated carbocycles. The predicted octanol–water partition coefficient (Wildman–Crippen LogP) is 3.92. The van der Waals surface area contributed by atoms with Crippen LogP contribution < -0.4 is 20.3 Å². The minimum atomic E-state index is -0.473. The largest absolute Gasteiger partial charge is 0.490 e. The van der Waals surface area contributed by atoms with E-state index in [-0.39, 0.29) is 30.5 Å². The molecule has 2 aromatic carbocycles. The molecule has 0 radical (unpaired) electrons. The minimum absolute atomic E-state index is 0.0340. The Bertz CT molecular complexity index is 1550. The number of H-pyrrole nitrogens is 2. The summed E-state index contributed by atoms with van der Waals surface area (Å²) in [7, 11) is 0. The normalized spacial score (nSPS) is 10.9. The average Bonchev–Trinajstić information content (AvgIpc) is 3.56. The number of amides is 1. The number of carbonyl (C=O) groups is 1. The van der Waals surface area contributed by atoms with Crippen molar-refractivity contribution >= 4 is 43.4 Å². The highest BCUT2D eigenvalue weighted by molar-refractivity contribution is 9.10. The maximum Gasteiger partial charge on any atom is 0.335 e. The first kappa shape index (κ1) is 23.7. The standard InChI is InChI=1S/C24H19BrN6O4S/c25-16-6-4-15(5-7-16)18-12-36-23-19(18)21(32)29-20(30-23)22(33)26-11-14-2-1-3-17(10-14)34-8-9-35-24-27-13-28-31-24/h1-7,10,12-13H,8-9,11H2,(H,26,33)(H,27,28,31)(H,29,30,32). The molecule has 0 aliphatic heterocycles. The maximum absolute atomic E-state index is 12.8. The van der Waals surface area contributed by atoms with Gasteiger partial charge in [0.2, 0.25) is 5.82 Å². The first-order chi connectivity index (χ1) is 17.6. The molecule has 5 rings (SSSR count). The van der Waals surface area contributed by atoms with Gasteiger partial charge in [-0.3, -0.25) is 14.7 Å². The van der Waals surface area contributed by atoms with Crippen molar-refractivity contribution < 1.29 is 14.3 Å². The SMILES string of the molecule is O=C(NCc1cccc(OCCOc2nc[nH]n2)c1)c1nc2scc(-c3ccc(Br)cc3)c2c(=O)[nH]1. The summed E-state index contributed by atoms with van der Waals surface area (Å²) in [4.78, 5) is 36.9. The first-order valence-corrected chi connectivity index (χ1v) is 12.5. The van der Waals surface area contributed by atoms with E-state index in [0.717, 1.165) is 21.2 Å². The first-order valence-electron chi connectivity index (χ1n) is 10.8. The summed E-state index contributed by atoms with van der Waals surface area (Å²) in [5.41, 5.74) is 2.16. The molecule has 0 atom stereocenters. The van der Waals surface area contributed by atoms with Crippen molar-refractivity contribution in [3.63, 3.8) is 0 Å². The molecule has 1 amide bonds. The van der Waals surface area contributed by atoms with Crippen molar-refractivity contribution in [2.45, 2.75) is 6.54 Å². The van der Waals surface area contributed by atoms with Gasteiger partial charge in [0.15, 0.2) is 0 Å². The Morgan fingerprint density at radius 1 is 1.11 bits per heavy atom. The number of benzene rings is 2. The van der Waals surface area contributed by atoms with E-state index in [0.29, 0.717) is 22.6 Å². The molecule has 10 nitrogen and oxygen atoms in total. The van der Waals surface area contributed by atoms with Gasteiger partial charge in [0.1, 0.15) is 30.1 Å². The number of rotatable bonds is 9. The van der Waals surface area contributed by atoms with Gasteiger partial charge in [0.25, 0.3) is 11.5 Å². The second kappa shape index (κ2) is 10.7. The molecular weight excluding hydrogens is 548 g/mol. The quantitative estimate of drug-likeness (QED) is 0.230. The zero-order valence-electron chi connectivity index (χ0n) is 18.7. The van der Waals surface area contributed by atoms with Crippen molar-refractivity contribution in [1.29, 1.82) is 0 Å². The van der Waals surface area contributed by atoms with Crippen LogP contribution in [0.15, 0.2) is 69.5 Å². The Hall–Kier alpha value is -4.03. The molecular formula is C24H19BrN6O4S. The van der Waals surface area contributed by atoms with Crippen LogP contribution in [0.5, 0.6) is 11.8 Å². The summed E-state index contributed by atoms with van der Waals surface area (Å²) < 4.78 is 12.0. The maximum atomic E-state index is 12.8. The monoisotopic (exact) mass is 566 g/mol. The van der Waals surface area contributed by atoms with E-state index >= 15 is 0 Å². The number of aromatic amines is 2. The van der Waals surface area contributed by atoms with Crippen LogP contribution >= 0.6 is 27.3 Å².